The van der Waals surface area contributed by atoms with Gasteiger partial charge in [0.05, 0.1) is 6.54 Å². The molecule has 1 amide bonds. The number of rotatable bonds is 7. The Balaban J connectivity index is 2.23. The van der Waals surface area contributed by atoms with Crippen LogP contribution < -0.4 is 5.32 Å². The molecule has 0 heterocycles. The molecule has 0 aliphatic heterocycles. The molecule has 0 bridgehead atoms. The standard InChI is InChI=1S/C13H26N2O/c1-3-9-15(10-4-2)11-13(16)14-12-7-5-6-8-12/h12H,3-11H2,1-2H3,(H,14,16). The van der Waals surface area contributed by atoms with Gasteiger partial charge < -0.3 is 5.32 Å². The molecular weight excluding hydrogens is 200 g/mol. The van der Waals surface area contributed by atoms with E-state index in [9.17, 15) is 4.79 Å². The summed E-state index contributed by atoms with van der Waals surface area (Å²) < 4.78 is 0. The van der Waals surface area contributed by atoms with Crippen molar-refractivity contribution in [3.63, 3.8) is 0 Å². The SMILES string of the molecule is CCCN(CCC)CC(=O)NC1CCCC1. The molecule has 0 unspecified atom stereocenters. The third-order valence-corrected chi connectivity index (χ3v) is 3.17. The predicted molar refractivity (Wildman–Crippen MR) is 67.4 cm³/mol. The van der Waals surface area contributed by atoms with E-state index in [1.807, 2.05) is 0 Å². The first-order valence-corrected chi connectivity index (χ1v) is 6.78. The van der Waals surface area contributed by atoms with Gasteiger partial charge in [0.25, 0.3) is 0 Å². The van der Waals surface area contributed by atoms with Crippen molar-refractivity contribution in [2.24, 2.45) is 0 Å². The molecule has 1 aliphatic rings. The maximum Gasteiger partial charge on any atom is 0.234 e. The van der Waals surface area contributed by atoms with Gasteiger partial charge in [-0.1, -0.05) is 26.7 Å². The van der Waals surface area contributed by atoms with Crippen molar-refractivity contribution < 1.29 is 4.79 Å². The van der Waals surface area contributed by atoms with Crippen molar-refractivity contribution in [1.82, 2.24) is 10.2 Å². The van der Waals surface area contributed by atoms with Crippen LogP contribution in [0, 0.1) is 0 Å². The monoisotopic (exact) mass is 226 g/mol. The third-order valence-electron chi connectivity index (χ3n) is 3.17. The first kappa shape index (κ1) is 13.5. The van der Waals surface area contributed by atoms with E-state index in [0.717, 1.165) is 25.9 Å². The Kier molecular flexibility index (Phi) is 6.46. The van der Waals surface area contributed by atoms with Gasteiger partial charge in [-0.25, -0.2) is 0 Å². The number of hydrogen-bond acceptors (Lipinski definition) is 2. The fraction of sp³-hybridized carbons (Fsp3) is 0.923. The number of hydrogen-bond donors (Lipinski definition) is 1. The minimum absolute atomic E-state index is 0.216. The molecule has 94 valence electrons. The first-order valence-electron chi connectivity index (χ1n) is 6.78. The number of amides is 1. The van der Waals surface area contributed by atoms with Gasteiger partial charge in [-0.2, -0.15) is 0 Å². The van der Waals surface area contributed by atoms with Gasteiger partial charge in [0, 0.05) is 6.04 Å². The minimum atomic E-state index is 0.216. The van der Waals surface area contributed by atoms with Crippen molar-refractivity contribution in [3.8, 4) is 0 Å². The lowest BCUT2D eigenvalue weighted by Gasteiger charge is -2.21. The van der Waals surface area contributed by atoms with Gasteiger partial charge in [-0.05, 0) is 38.8 Å². The zero-order chi connectivity index (χ0) is 11.8. The lowest BCUT2D eigenvalue weighted by molar-refractivity contribution is -0.122. The quantitative estimate of drug-likeness (QED) is 0.721. The Bertz CT molecular complexity index is 194. The smallest absolute Gasteiger partial charge is 0.234 e. The van der Waals surface area contributed by atoms with Crippen LogP contribution in [0.5, 0.6) is 0 Å². The van der Waals surface area contributed by atoms with E-state index in [0.29, 0.717) is 12.6 Å². The van der Waals surface area contributed by atoms with Crippen molar-refractivity contribution in [2.45, 2.75) is 58.4 Å². The van der Waals surface area contributed by atoms with Gasteiger partial charge in [0.2, 0.25) is 5.91 Å². The second-order valence-corrected chi connectivity index (χ2v) is 4.83. The third kappa shape index (κ3) is 4.97. The summed E-state index contributed by atoms with van der Waals surface area (Å²) in [4.78, 5) is 14.1. The lowest BCUT2D eigenvalue weighted by atomic mass is 10.2. The van der Waals surface area contributed by atoms with Gasteiger partial charge in [-0.15, -0.1) is 0 Å². The molecule has 1 rings (SSSR count). The number of carbonyl (C=O) groups is 1. The molecule has 16 heavy (non-hydrogen) atoms. The average Bonchev–Trinajstić information content (AvgIpc) is 2.71. The highest BCUT2D eigenvalue weighted by Crippen LogP contribution is 2.17. The summed E-state index contributed by atoms with van der Waals surface area (Å²) >= 11 is 0. The Hall–Kier alpha value is -0.570. The van der Waals surface area contributed by atoms with E-state index in [2.05, 4.69) is 24.1 Å². The highest BCUT2D eigenvalue weighted by Gasteiger charge is 2.18. The van der Waals surface area contributed by atoms with Crippen molar-refractivity contribution in [1.29, 1.82) is 0 Å². The fourth-order valence-corrected chi connectivity index (χ4v) is 2.45. The fourth-order valence-electron chi connectivity index (χ4n) is 2.45. The Morgan fingerprint density at radius 2 is 1.75 bits per heavy atom. The van der Waals surface area contributed by atoms with Crippen LogP contribution in [-0.4, -0.2) is 36.5 Å². The Morgan fingerprint density at radius 3 is 2.25 bits per heavy atom. The van der Waals surface area contributed by atoms with Crippen molar-refractivity contribution in [3.05, 3.63) is 0 Å². The van der Waals surface area contributed by atoms with E-state index in [4.69, 9.17) is 0 Å². The molecule has 1 N–H and O–H groups in total. The van der Waals surface area contributed by atoms with E-state index in [-0.39, 0.29) is 5.91 Å². The molecule has 3 nitrogen and oxygen atoms in total. The van der Waals surface area contributed by atoms with Crippen LogP contribution >= 0.6 is 0 Å². The normalized spacial score (nSPS) is 16.9. The van der Waals surface area contributed by atoms with Crippen LogP contribution in [0.1, 0.15) is 52.4 Å². The molecule has 0 saturated heterocycles. The summed E-state index contributed by atoms with van der Waals surface area (Å²) in [5.41, 5.74) is 0. The van der Waals surface area contributed by atoms with Gasteiger partial charge in [0.1, 0.15) is 0 Å². The van der Waals surface area contributed by atoms with Crippen LogP contribution in [0.25, 0.3) is 0 Å². The van der Waals surface area contributed by atoms with Crippen molar-refractivity contribution >= 4 is 5.91 Å². The van der Waals surface area contributed by atoms with E-state index in [1.165, 1.54) is 25.7 Å². The summed E-state index contributed by atoms with van der Waals surface area (Å²) in [6.45, 7) is 6.98. The van der Waals surface area contributed by atoms with Gasteiger partial charge in [0.15, 0.2) is 0 Å². The molecule has 0 aromatic carbocycles. The maximum atomic E-state index is 11.8. The topological polar surface area (TPSA) is 32.3 Å². The molecule has 0 atom stereocenters. The zero-order valence-electron chi connectivity index (χ0n) is 10.8. The van der Waals surface area contributed by atoms with Gasteiger partial charge in [-0.3, -0.25) is 9.69 Å². The summed E-state index contributed by atoms with van der Waals surface area (Å²) in [7, 11) is 0. The molecular formula is C13H26N2O. The zero-order valence-corrected chi connectivity index (χ0v) is 10.8. The van der Waals surface area contributed by atoms with Crippen LogP contribution in [0.3, 0.4) is 0 Å². The summed E-state index contributed by atoms with van der Waals surface area (Å²) in [5.74, 6) is 0.216. The minimum Gasteiger partial charge on any atom is -0.352 e. The van der Waals surface area contributed by atoms with Crippen LogP contribution in [0.4, 0.5) is 0 Å². The molecule has 1 aliphatic carbocycles. The molecule has 0 radical (unpaired) electrons. The van der Waals surface area contributed by atoms with Crippen LogP contribution in [0.2, 0.25) is 0 Å². The van der Waals surface area contributed by atoms with E-state index < -0.39 is 0 Å². The molecule has 0 aromatic rings. The van der Waals surface area contributed by atoms with E-state index >= 15 is 0 Å². The summed E-state index contributed by atoms with van der Waals surface area (Å²) in [6, 6.07) is 0.456. The van der Waals surface area contributed by atoms with Crippen LogP contribution in [0.15, 0.2) is 0 Å². The second kappa shape index (κ2) is 7.66. The number of nitrogens with one attached hydrogen (secondary N) is 1. The molecule has 0 aromatic heterocycles. The number of nitrogens with zero attached hydrogens (tertiary/aromatic N) is 1. The van der Waals surface area contributed by atoms with Crippen molar-refractivity contribution in [2.75, 3.05) is 19.6 Å². The summed E-state index contributed by atoms with van der Waals surface area (Å²) in [6.07, 6.45) is 7.14. The average molecular weight is 226 g/mol. The molecule has 1 saturated carbocycles. The largest absolute Gasteiger partial charge is 0.352 e. The summed E-state index contributed by atoms with van der Waals surface area (Å²) in [5, 5.41) is 3.15. The van der Waals surface area contributed by atoms with E-state index in [1.54, 1.807) is 0 Å². The lowest BCUT2D eigenvalue weighted by Crippen LogP contribution is -2.41. The van der Waals surface area contributed by atoms with Crippen LogP contribution in [-0.2, 0) is 4.79 Å². The highest BCUT2D eigenvalue weighted by atomic mass is 16.2. The van der Waals surface area contributed by atoms with Gasteiger partial charge >= 0.3 is 0 Å². The molecule has 0 spiro atoms. The maximum absolute atomic E-state index is 11.8. The molecule has 3 heteroatoms. The second-order valence-electron chi connectivity index (χ2n) is 4.83. The first-order chi connectivity index (χ1) is 7.76. The number of carbonyl (C=O) groups excluding carboxylic acids is 1. The Morgan fingerprint density at radius 1 is 1.19 bits per heavy atom. The predicted octanol–water partition coefficient (Wildman–Crippen LogP) is 2.17. The highest BCUT2D eigenvalue weighted by molar-refractivity contribution is 5.78. The molecule has 1 fully saturated rings. The Labute approximate surface area is 99.6 Å².